The predicted octanol–water partition coefficient (Wildman–Crippen LogP) is 2.53. The Morgan fingerprint density at radius 3 is 2.52 bits per heavy atom. The molecular weight excluding hydrogens is 284 g/mol. The molecule has 0 bridgehead atoms. The van der Waals surface area contributed by atoms with E-state index in [9.17, 15) is 9.59 Å². The van der Waals surface area contributed by atoms with Gasteiger partial charge in [-0.2, -0.15) is 0 Å². The van der Waals surface area contributed by atoms with Gasteiger partial charge in [0.15, 0.2) is 5.78 Å². The maximum atomic E-state index is 11.8. The van der Waals surface area contributed by atoms with Crippen molar-refractivity contribution in [1.82, 2.24) is 5.32 Å². The minimum Gasteiger partial charge on any atom is -0.354 e. The lowest BCUT2D eigenvalue weighted by Crippen LogP contribution is -2.32. The molecule has 0 aliphatic carbocycles. The van der Waals surface area contributed by atoms with E-state index >= 15 is 0 Å². The number of amides is 1. The van der Waals surface area contributed by atoms with Crippen molar-refractivity contribution < 1.29 is 9.59 Å². The van der Waals surface area contributed by atoms with Crippen LogP contribution >= 0.6 is 11.3 Å². The summed E-state index contributed by atoms with van der Waals surface area (Å²) in [6.45, 7) is 0.371. The van der Waals surface area contributed by atoms with Crippen molar-refractivity contribution in [2.24, 2.45) is 5.73 Å². The van der Waals surface area contributed by atoms with Crippen molar-refractivity contribution >= 4 is 23.0 Å². The SMILES string of the molecule is NC(CNC(=O)CCC(=O)c1cccs1)c1ccccc1. The van der Waals surface area contributed by atoms with Crippen LogP contribution in [0.2, 0.25) is 0 Å². The Bertz CT molecular complexity index is 582. The number of nitrogens with one attached hydrogen (secondary N) is 1. The third-order valence-electron chi connectivity index (χ3n) is 3.12. The van der Waals surface area contributed by atoms with E-state index in [1.807, 2.05) is 41.8 Å². The second-order valence-corrected chi connectivity index (χ2v) is 5.67. The molecule has 5 heteroatoms. The van der Waals surface area contributed by atoms with Gasteiger partial charge in [-0.05, 0) is 17.0 Å². The maximum Gasteiger partial charge on any atom is 0.220 e. The summed E-state index contributed by atoms with van der Waals surface area (Å²) in [5, 5.41) is 4.62. The Kier molecular flexibility index (Phi) is 5.66. The molecule has 0 aliphatic rings. The molecule has 0 fully saturated rings. The zero-order chi connectivity index (χ0) is 15.1. The van der Waals surface area contributed by atoms with Crippen LogP contribution in [0.1, 0.15) is 34.1 Å². The van der Waals surface area contributed by atoms with Crippen molar-refractivity contribution in [2.75, 3.05) is 6.54 Å². The Morgan fingerprint density at radius 2 is 1.86 bits per heavy atom. The number of thiophene rings is 1. The van der Waals surface area contributed by atoms with E-state index in [-0.39, 0.29) is 30.6 Å². The van der Waals surface area contributed by atoms with Crippen LogP contribution in [0.25, 0.3) is 0 Å². The second-order valence-electron chi connectivity index (χ2n) is 4.72. The van der Waals surface area contributed by atoms with Crippen LogP contribution < -0.4 is 11.1 Å². The van der Waals surface area contributed by atoms with Gasteiger partial charge in [-0.1, -0.05) is 36.4 Å². The molecule has 1 aromatic carbocycles. The number of ketones is 1. The molecule has 2 aromatic rings. The van der Waals surface area contributed by atoms with E-state index in [2.05, 4.69) is 5.32 Å². The first-order valence-electron chi connectivity index (χ1n) is 6.81. The summed E-state index contributed by atoms with van der Waals surface area (Å²) < 4.78 is 0. The average Bonchev–Trinajstić information content (AvgIpc) is 3.05. The largest absolute Gasteiger partial charge is 0.354 e. The molecule has 2 rings (SSSR count). The molecule has 0 saturated heterocycles. The van der Waals surface area contributed by atoms with Gasteiger partial charge in [-0.25, -0.2) is 0 Å². The number of carbonyl (C=O) groups excluding carboxylic acids is 2. The summed E-state index contributed by atoms with van der Waals surface area (Å²) in [5.74, 6) is -0.140. The van der Waals surface area contributed by atoms with Gasteiger partial charge in [0.25, 0.3) is 0 Å². The number of Topliss-reactive ketones (excluding diaryl/α,β-unsaturated/α-hetero) is 1. The molecule has 0 radical (unpaired) electrons. The number of carbonyl (C=O) groups is 2. The van der Waals surface area contributed by atoms with Gasteiger partial charge in [0.2, 0.25) is 5.91 Å². The first-order chi connectivity index (χ1) is 10.2. The molecule has 0 saturated carbocycles. The highest BCUT2D eigenvalue weighted by atomic mass is 32.1. The van der Waals surface area contributed by atoms with Gasteiger partial charge in [-0.3, -0.25) is 9.59 Å². The Hall–Kier alpha value is -1.98. The lowest BCUT2D eigenvalue weighted by molar-refractivity contribution is -0.121. The lowest BCUT2D eigenvalue weighted by atomic mass is 10.1. The molecule has 1 unspecified atom stereocenters. The number of benzene rings is 1. The summed E-state index contributed by atoms with van der Waals surface area (Å²) in [7, 11) is 0. The molecule has 0 aliphatic heterocycles. The van der Waals surface area contributed by atoms with E-state index < -0.39 is 0 Å². The summed E-state index contributed by atoms with van der Waals surface area (Å²) in [4.78, 5) is 24.2. The third-order valence-corrected chi connectivity index (χ3v) is 4.03. The van der Waals surface area contributed by atoms with Gasteiger partial charge < -0.3 is 11.1 Å². The quantitative estimate of drug-likeness (QED) is 0.772. The fourth-order valence-electron chi connectivity index (χ4n) is 1.92. The average molecular weight is 302 g/mol. The van der Waals surface area contributed by atoms with Gasteiger partial charge in [0.1, 0.15) is 0 Å². The van der Waals surface area contributed by atoms with Crippen molar-refractivity contribution in [1.29, 1.82) is 0 Å². The van der Waals surface area contributed by atoms with Gasteiger partial charge in [-0.15, -0.1) is 11.3 Å². The van der Waals surface area contributed by atoms with Gasteiger partial charge in [0.05, 0.1) is 4.88 Å². The predicted molar refractivity (Wildman–Crippen MR) is 84.3 cm³/mol. The fourth-order valence-corrected chi connectivity index (χ4v) is 2.61. The Balaban J connectivity index is 1.71. The van der Waals surface area contributed by atoms with Crippen molar-refractivity contribution in [3.63, 3.8) is 0 Å². The molecule has 110 valence electrons. The summed E-state index contributed by atoms with van der Waals surface area (Å²) in [6, 6.07) is 13.0. The summed E-state index contributed by atoms with van der Waals surface area (Å²) in [5.41, 5.74) is 6.98. The minimum atomic E-state index is -0.233. The number of nitrogens with two attached hydrogens (primary N) is 1. The normalized spacial score (nSPS) is 11.9. The maximum absolute atomic E-state index is 11.8. The number of hydrogen-bond acceptors (Lipinski definition) is 4. The van der Waals surface area contributed by atoms with Crippen LogP contribution in [0.15, 0.2) is 47.8 Å². The summed E-state index contributed by atoms with van der Waals surface area (Å²) in [6.07, 6.45) is 0.422. The van der Waals surface area contributed by atoms with Crippen LogP contribution in [-0.2, 0) is 4.79 Å². The zero-order valence-electron chi connectivity index (χ0n) is 11.6. The summed E-state index contributed by atoms with van der Waals surface area (Å²) >= 11 is 1.40. The molecule has 1 amide bonds. The van der Waals surface area contributed by atoms with Crippen LogP contribution in [0, 0.1) is 0 Å². The van der Waals surface area contributed by atoms with Crippen molar-refractivity contribution in [2.45, 2.75) is 18.9 Å². The standard InChI is InChI=1S/C16H18N2O2S/c17-13(12-5-2-1-3-6-12)11-18-16(20)9-8-14(19)15-7-4-10-21-15/h1-7,10,13H,8-9,11,17H2,(H,18,20). The lowest BCUT2D eigenvalue weighted by Gasteiger charge is -2.12. The Morgan fingerprint density at radius 1 is 1.10 bits per heavy atom. The van der Waals surface area contributed by atoms with Crippen molar-refractivity contribution in [3.05, 3.63) is 58.3 Å². The Labute approximate surface area is 128 Å². The highest BCUT2D eigenvalue weighted by Crippen LogP contribution is 2.12. The van der Waals surface area contributed by atoms with E-state index in [1.54, 1.807) is 6.07 Å². The van der Waals surface area contributed by atoms with Gasteiger partial charge >= 0.3 is 0 Å². The fraction of sp³-hybridized carbons (Fsp3) is 0.250. The van der Waals surface area contributed by atoms with E-state index in [4.69, 9.17) is 5.73 Å². The molecule has 3 N–H and O–H groups in total. The zero-order valence-corrected chi connectivity index (χ0v) is 12.4. The second kappa shape index (κ2) is 7.71. The minimum absolute atomic E-state index is 0.00695. The first kappa shape index (κ1) is 15.4. The topological polar surface area (TPSA) is 72.2 Å². The van der Waals surface area contributed by atoms with Crippen LogP contribution in [0.3, 0.4) is 0 Å². The van der Waals surface area contributed by atoms with Crippen LogP contribution in [0.4, 0.5) is 0 Å². The highest BCUT2D eigenvalue weighted by Gasteiger charge is 2.11. The van der Waals surface area contributed by atoms with E-state index in [0.29, 0.717) is 11.4 Å². The molecule has 21 heavy (non-hydrogen) atoms. The monoisotopic (exact) mass is 302 g/mol. The molecule has 1 aromatic heterocycles. The van der Waals surface area contributed by atoms with Gasteiger partial charge in [0, 0.05) is 25.4 Å². The van der Waals surface area contributed by atoms with E-state index in [1.165, 1.54) is 11.3 Å². The first-order valence-corrected chi connectivity index (χ1v) is 7.68. The number of rotatable bonds is 7. The molecule has 1 atom stereocenters. The smallest absolute Gasteiger partial charge is 0.220 e. The van der Waals surface area contributed by atoms with E-state index in [0.717, 1.165) is 5.56 Å². The molecule has 0 spiro atoms. The molecule has 4 nitrogen and oxygen atoms in total. The third kappa shape index (κ3) is 4.81. The highest BCUT2D eigenvalue weighted by molar-refractivity contribution is 7.12. The number of hydrogen-bond donors (Lipinski definition) is 2. The van der Waals surface area contributed by atoms with Crippen LogP contribution in [-0.4, -0.2) is 18.2 Å². The molecular formula is C16H18N2O2S. The molecule has 1 heterocycles. The van der Waals surface area contributed by atoms with Crippen LogP contribution in [0.5, 0.6) is 0 Å². The van der Waals surface area contributed by atoms with Crippen molar-refractivity contribution in [3.8, 4) is 0 Å².